The van der Waals surface area contributed by atoms with Gasteiger partial charge >= 0.3 is 24.1 Å². The Bertz CT molecular complexity index is 1870. The van der Waals surface area contributed by atoms with E-state index in [1.807, 2.05) is 24.3 Å². The van der Waals surface area contributed by atoms with Crippen molar-refractivity contribution in [2.24, 2.45) is 29.1 Å². The van der Waals surface area contributed by atoms with E-state index in [0.717, 1.165) is 11.5 Å². The van der Waals surface area contributed by atoms with Crippen LogP contribution in [0.2, 0.25) is 0 Å². The molecule has 0 N–H and O–H groups in total. The van der Waals surface area contributed by atoms with E-state index in [2.05, 4.69) is 59.3 Å². The minimum Gasteiger partial charge on any atom is -0.748 e. The molecular formula is C36H35F3O10S2. The summed E-state index contributed by atoms with van der Waals surface area (Å²) in [6.07, 6.45) is -9.68. The number of carbonyl (C=O) groups excluding carboxylic acids is 3. The second-order valence-electron chi connectivity index (χ2n) is 13.4. The Balaban J connectivity index is 0.000000191. The van der Waals surface area contributed by atoms with E-state index in [4.69, 9.17) is 14.2 Å². The summed E-state index contributed by atoms with van der Waals surface area (Å²) in [6, 6.07) is 27.3. The Labute approximate surface area is 295 Å². The molecule has 3 aromatic rings. The number of hydrogen-bond acceptors (Lipinski definition) is 10. The molecular weight excluding hydrogens is 714 g/mol. The molecule has 2 saturated carbocycles. The fourth-order valence-corrected chi connectivity index (χ4v) is 9.80. The maximum atomic E-state index is 13.1. The minimum absolute atomic E-state index is 0.0829. The summed E-state index contributed by atoms with van der Waals surface area (Å²) in [5.41, 5.74) is -0.871. The van der Waals surface area contributed by atoms with Crippen LogP contribution in [0.5, 0.6) is 11.5 Å². The molecule has 1 saturated heterocycles. The maximum Gasteiger partial charge on any atom is 0.426 e. The lowest BCUT2D eigenvalue weighted by atomic mass is 9.78. The smallest absolute Gasteiger partial charge is 0.426 e. The fourth-order valence-electron chi connectivity index (χ4n) is 6.95. The van der Waals surface area contributed by atoms with Crippen molar-refractivity contribution in [1.29, 1.82) is 0 Å². The van der Waals surface area contributed by atoms with Gasteiger partial charge in [0.05, 0.1) is 33.1 Å². The third-order valence-corrected chi connectivity index (χ3v) is 12.8. The van der Waals surface area contributed by atoms with Crippen molar-refractivity contribution in [3.8, 4) is 11.5 Å². The summed E-state index contributed by atoms with van der Waals surface area (Å²) < 4.78 is 93.0. The average Bonchev–Trinajstić information content (AvgIpc) is 3.71. The van der Waals surface area contributed by atoms with Gasteiger partial charge in [0.15, 0.2) is 16.4 Å². The highest BCUT2D eigenvalue weighted by atomic mass is 32.2. The lowest BCUT2D eigenvalue weighted by molar-refractivity contribution is -0.220. The molecule has 3 fully saturated rings. The number of para-hydroxylation sites is 2. The van der Waals surface area contributed by atoms with Gasteiger partial charge in [-0.3, -0.25) is 14.4 Å². The molecule has 3 aromatic carbocycles. The maximum absolute atomic E-state index is 13.1. The van der Waals surface area contributed by atoms with Gasteiger partial charge in [-0.25, -0.2) is 8.42 Å². The first-order valence-corrected chi connectivity index (χ1v) is 19.1. The van der Waals surface area contributed by atoms with E-state index in [0.29, 0.717) is 6.42 Å². The summed E-state index contributed by atoms with van der Waals surface area (Å²) in [4.78, 5) is 41.2. The van der Waals surface area contributed by atoms with Crippen LogP contribution in [0.4, 0.5) is 13.2 Å². The van der Waals surface area contributed by atoms with E-state index < -0.39 is 87.4 Å². The Kier molecular flexibility index (Phi) is 9.94. The summed E-state index contributed by atoms with van der Waals surface area (Å²) >= 11 is 0. The van der Waals surface area contributed by atoms with E-state index >= 15 is 0 Å². The minimum atomic E-state index is -5.36. The lowest BCUT2D eigenvalue weighted by Gasteiger charge is -2.33. The number of alkyl halides is 3. The van der Waals surface area contributed by atoms with Gasteiger partial charge in [-0.2, -0.15) is 13.2 Å². The van der Waals surface area contributed by atoms with Crippen LogP contribution in [0, 0.1) is 29.1 Å². The molecule has 4 aliphatic rings. The fraction of sp³-hybridized carbons (Fsp3) is 0.417. The number of ether oxygens (including phenoxy) is 4. The summed E-state index contributed by atoms with van der Waals surface area (Å²) in [6.45, 7) is 5.03. The molecule has 0 spiro atoms. The molecule has 7 atom stereocenters. The predicted molar refractivity (Wildman–Crippen MR) is 174 cm³/mol. The molecule has 0 radical (unpaired) electrons. The van der Waals surface area contributed by atoms with Crippen LogP contribution >= 0.6 is 0 Å². The van der Waals surface area contributed by atoms with Crippen molar-refractivity contribution in [2.45, 2.75) is 72.8 Å². The highest BCUT2D eigenvalue weighted by molar-refractivity contribution is 7.97. The number of hydrogen-bond donors (Lipinski definition) is 0. The quantitative estimate of drug-likeness (QED) is 0.0904. The molecule has 7 rings (SSSR count). The molecule has 15 heteroatoms. The average molecular weight is 749 g/mol. The molecule has 51 heavy (non-hydrogen) atoms. The zero-order valence-electron chi connectivity index (χ0n) is 27.7. The van der Waals surface area contributed by atoms with Crippen LogP contribution in [0.1, 0.15) is 33.6 Å². The van der Waals surface area contributed by atoms with Crippen molar-refractivity contribution in [2.75, 3.05) is 5.75 Å². The predicted octanol–water partition coefficient (Wildman–Crippen LogP) is 6.05. The number of rotatable bonds is 8. The van der Waals surface area contributed by atoms with Crippen molar-refractivity contribution in [1.82, 2.24) is 0 Å². The lowest BCUT2D eigenvalue weighted by Crippen LogP contribution is -2.47. The first-order valence-electron chi connectivity index (χ1n) is 16.3. The van der Waals surface area contributed by atoms with Gasteiger partial charge in [0.1, 0.15) is 23.1 Å². The first kappa shape index (κ1) is 36.7. The number of benzene rings is 3. The van der Waals surface area contributed by atoms with E-state index in [-0.39, 0.29) is 17.3 Å². The molecule has 2 aliphatic heterocycles. The van der Waals surface area contributed by atoms with Crippen LogP contribution in [-0.4, -0.2) is 61.1 Å². The standard InChI is InChI=1S/C18H23F3O9S.C18H13OS/c1-4-17(2,3)16(24)30-13-8-5-7-11(15(23)29-12(7)13)10(8)14(22)28-9(18(19,20)21)6-31(25,26)27;1-2-8-14(9-3-1)20-17-12-6-4-10-15(17)19-16-11-5-7-13-18(16)20/h7-13H,4-6H2,1-3H3,(H,25,26,27);1-13H/q;+1/p-1. The molecule has 10 nitrogen and oxygen atoms in total. The van der Waals surface area contributed by atoms with E-state index in [1.54, 1.807) is 20.8 Å². The number of esters is 3. The second kappa shape index (κ2) is 13.8. The van der Waals surface area contributed by atoms with Crippen LogP contribution < -0.4 is 4.74 Å². The van der Waals surface area contributed by atoms with Gasteiger partial charge in [0, 0.05) is 11.8 Å². The SMILES string of the molecule is CCC(C)(C)C(=O)OC1C2CC3C1OC(=O)C3C2C(=O)OC(CS(=O)(=O)[O-])C(F)(F)F.c1ccc([S+]2c3ccccc3Oc3ccccc32)cc1. The van der Waals surface area contributed by atoms with Gasteiger partial charge in [-0.1, -0.05) is 49.4 Å². The zero-order valence-corrected chi connectivity index (χ0v) is 29.3. The molecule has 2 heterocycles. The Morgan fingerprint density at radius 1 is 0.941 bits per heavy atom. The number of carbonyl (C=O) groups is 3. The molecule has 0 amide bonds. The van der Waals surface area contributed by atoms with Crippen molar-refractivity contribution in [3.63, 3.8) is 0 Å². The van der Waals surface area contributed by atoms with Gasteiger partial charge in [0.2, 0.25) is 15.9 Å². The first-order chi connectivity index (χ1) is 24.0. The van der Waals surface area contributed by atoms with Crippen molar-refractivity contribution < 1.29 is 59.5 Å². The van der Waals surface area contributed by atoms with Gasteiger partial charge < -0.3 is 23.5 Å². The molecule has 7 unspecified atom stereocenters. The highest BCUT2D eigenvalue weighted by Crippen LogP contribution is 2.59. The van der Waals surface area contributed by atoms with E-state index in [9.17, 15) is 40.5 Å². The molecule has 272 valence electrons. The Hall–Kier alpha value is -4.08. The van der Waals surface area contributed by atoms with Crippen LogP contribution in [-0.2, 0) is 49.6 Å². The number of halogens is 3. The van der Waals surface area contributed by atoms with Crippen molar-refractivity contribution >= 4 is 38.9 Å². The summed E-state index contributed by atoms with van der Waals surface area (Å²) in [7, 11) is -5.44. The zero-order chi connectivity index (χ0) is 36.9. The topological polar surface area (TPSA) is 145 Å². The van der Waals surface area contributed by atoms with Crippen LogP contribution in [0.15, 0.2) is 93.5 Å². The third-order valence-electron chi connectivity index (χ3n) is 9.81. The van der Waals surface area contributed by atoms with Crippen molar-refractivity contribution in [3.05, 3.63) is 78.9 Å². The second-order valence-corrected chi connectivity index (χ2v) is 16.8. The van der Waals surface area contributed by atoms with Gasteiger partial charge in [-0.15, -0.1) is 0 Å². The Morgan fingerprint density at radius 2 is 1.51 bits per heavy atom. The third kappa shape index (κ3) is 7.33. The van der Waals surface area contributed by atoms with E-state index in [1.165, 1.54) is 14.7 Å². The Morgan fingerprint density at radius 3 is 2.06 bits per heavy atom. The summed E-state index contributed by atoms with van der Waals surface area (Å²) in [5, 5.41) is 0. The normalized spacial score (nSPS) is 25.4. The summed E-state index contributed by atoms with van der Waals surface area (Å²) in [5.74, 6) is -6.78. The van der Waals surface area contributed by atoms with Crippen LogP contribution in [0.3, 0.4) is 0 Å². The molecule has 2 bridgehead atoms. The highest BCUT2D eigenvalue weighted by Gasteiger charge is 2.70. The van der Waals surface area contributed by atoms with Crippen LogP contribution in [0.25, 0.3) is 0 Å². The monoisotopic (exact) mass is 748 g/mol. The molecule has 2 aliphatic carbocycles. The largest absolute Gasteiger partial charge is 0.748 e. The van der Waals surface area contributed by atoms with Gasteiger partial charge in [0.25, 0.3) is 0 Å². The number of fused-ring (bicyclic) bond motifs is 3. The molecule has 0 aromatic heterocycles. The van der Waals surface area contributed by atoms with Gasteiger partial charge in [-0.05, 0) is 63.1 Å².